The van der Waals surface area contributed by atoms with Crippen LogP contribution in [0, 0.1) is 0 Å². The number of carbonyl (C=O) groups is 1. The second-order valence-electron chi connectivity index (χ2n) is 4.64. The SMILES string of the molecule is CN(c1ccc(C(=O)NC2CC2)c(Cl)c1)S(C)(=O)=O. The monoisotopic (exact) mass is 302 g/mol. The summed E-state index contributed by atoms with van der Waals surface area (Å²) < 4.78 is 24.0. The molecule has 1 N–H and O–H groups in total. The Morgan fingerprint density at radius 1 is 1.42 bits per heavy atom. The summed E-state index contributed by atoms with van der Waals surface area (Å²) in [5, 5.41) is 3.08. The van der Waals surface area contributed by atoms with E-state index in [1.165, 1.54) is 19.2 Å². The molecule has 0 unspecified atom stereocenters. The van der Waals surface area contributed by atoms with Crippen LogP contribution in [0.15, 0.2) is 18.2 Å². The molecule has 1 saturated carbocycles. The van der Waals surface area contributed by atoms with Gasteiger partial charge in [0.2, 0.25) is 10.0 Å². The summed E-state index contributed by atoms with van der Waals surface area (Å²) in [4.78, 5) is 11.9. The van der Waals surface area contributed by atoms with Gasteiger partial charge in [-0.1, -0.05) is 11.6 Å². The molecule has 2 rings (SSSR count). The number of nitrogens with one attached hydrogen (secondary N) is 1. The van der Waals surface area contributed by atoms with Crippen LogP contribution in [0.1, 0.15) is 23.2 Å². The van der Waals surface area contributed by atoms with Crippen LogP contribution in [0.25, 0.3) is 0 Å². The second-order valence-corrected chi connectivity index (χ2v) is 7.06. The Morgan fingerprint density at radius 3 is 2.53 bits per heavy atom. The molecule has 1 amide bonds. The quantitative estimate of drug-likeness (QED) is 0.919. The molecule has 0 heterocycles. The smallest absolute Gasteiger partial charge is 0.253 e. The van der Waals surface area contributed by atoms with Crippen LogP contribution < -0.4 is 9.62 Å². The molecule has 0 radical (unpaired) electrons. The summed E-state index contributed by atoms with van der Waals surface area (Å²) in [6.07, 6.45) is 3.10. The van der Waals surface area contributed by atoms with Crippen molar-refractivity contribution in [1.82, 2.24) is 5.32 Å². The van der Waals surface area contributed by atoms with Crippen LogP contribution >= 0.6 is 11.6 Å². The third-order valence-electron chi connectivity index (χ3n) is 2.97. The first-order valence-corrected chi connectivity index (χ1v) is 8.06. The molecule has 1 aliphatic rings. The van der Waals surface area contributed by atoms with Gasteiger partial charge in [-0.15, -0.1) is 0 Å². The topological polar surface area (TPSA) is 66.5 Å². The Hall–Kier alpha value is -1.27. The van der Waals surface area contributed by atoms with E-state index in [-0.39, 0.29) is 17.0 Å². The van der Waals surface area contributed by atoms with Crippen molar-refractivity contribution >= 4 is 33.2 Å². The highest BCUT2D eigenvalue weighted by Gasteiger charge is 2.25. The number of hydrogen-bond donors (Lipinski definition) is 1. The fraction of sp³-hybridized carbons (Fsp3) is 0.417. The molecule has 0 saturated heterocycles. The number of hydrogen-bond acceptors (Lipinski definition) is 3. The van der Waals surface area contributed by atoms with Gasteiger partial charge in [0.05, 0.1) is 22.5 Å². The summed E-state index contributed by atoms with van der Waals surface area (Å²) in [6, 6.07) is 4.83. The Bertz CT molecular complexity index is 611. The van der Waals surface area contributed by atoms with Gasteiger partial charge < -0.3 is 5.32 Å². The van der Waals surface area contributed by atoms with Crippen LogP contribution in [-0.4, -0.2) is 33.7 Å². The van der Waals surface area contributed by atoms with Crippen molar-refractivity contribution in [3.63, 3.8) is 0 Å². The lowest BCUT2D eigenvalue weighted by molar-refractivity contribution is 0.0951. The number of amides is 1. The Kier molecular flexibility index (Phi) is 3.73. The van der Waals surface area contributed by atoms with Crippen molar-refractivity contribution < 1.29 is 13.2 Å². The molecule has 1 fully saturated rings. The summed E-state index contributed by atoms with van der Waals surface area (Å²) in [6.45, 7) is 0. The Balaban J connectivity index is 2.23. The van der Waals surface area contributed by atoms with Crippen molar-refractivity contribution in [3.8, 4) is 0 Å². The van der Waals surface area contributed by atoms with E-state index in [2.05, 4.69) is 5.32 Å². The minimum Gasteiger partial charge on any atom is -0.349 e. The number of anilines is 1. The van der Waals surface area contributed by atoms with Crippen molar-refractivity contribution in [2.45, 2.75) is 18.9 Å². The molecule has 0 aliphatic heterocycles. The van der Waals surface area contributed by atoms with E-state index in [1.54, 1.807) is 6.07 Å². The van der Waals surface area contributed by atoms with Gasteiger partial charge in [0.25, 0.3) is 5.91 Å². The Morgan fingerprint density at radius 2 is 2.05 bits per heavy atom. The third-order valence-corrected chi connectivity index (χ3v) is 4.49. The normalized spacial score (nSPS) is 15.1. The van der Waals surface area contributed by atoms with E-state index >= 15 is 0 Å². The maximum atomic E-state index is 11.9. The average Bonchev–Trinajstić information content (AvgIpc) is 3.10. The number of benzene rings is 1. The Labute approximate surface area is 117 Å². The van der Waals surface area contributed by atoms with E-state index in [4.69, 9.17) is 11.6 Å². The predicted molar refractivity (Wildman–Crippen MR) is 75.2 cm³/mol. The zero-order chi connectivity index (χ0) is 14.2. The van der Waals surface area contributed by atoms with Crippen molar-refractivity contribution in [3.05, 3.63) is 28.8 Å². The molecular weight excluding hydrogens is 288 g/mol. The maximum Gasteiger partial charge on any atom is 0.253 e. The summed E-state index contributed by atoms with van der Waals surface area (Å²) in [5.41, 5.74) is 0.787. The number of nitrogens with zero attached hydrogens (tertiary/aromatic N) is 1. The lowest BCUT2D eigenvalue weighted by atomic mass is 10.2. The molecule has 0 atom stereocenters. The first-order chi connectivity index (χ1) is 8.79. The highest BCUT2D eigenvalue weighted by molar-refractivity contribution is 7.92. The minimum absolute atomic E-state index is 0.221. The third kappa shape index (κ3) is 3.39. The van der Waals surface area contributed by atoms with Gasteiger partial charge in [-0.2, -0.15) is 0 Å². The fourth-order valence-electron chi connectivity index (χ4n) is 1.57. The highest BCUT2D eigenvalue weighted by Crippen LogP contribution is 2.26. The van der Waals surface area contributed by atoms with E-state index in [9.17, 15) is 13.2 Å². The zero-order valence-corrected chi connectivity index (χ0v) is 12.3. The van der Waals surface area contributed by atoms with Crippen LogP contribution in [0.5, 0.6) is 0 Å². The van der Waals surface area contributed by atoms with Gasteiger partial charge in [-0.25, -0.2) is 8.42 Å². The van der Waals surface area contributed by atoms with Gasteiger partial charge in [0, 0.05) is 13.1 Å². The molecular formula is C12H15ClN2O3S. The zero-order valence-electron chi connectivity index (χ0n) is 10.7. The van der Waals surface area contributed by atoms with Crippen molar-refractivity contribution in [2.75, 3.05) is 17.6 Å². The van der Waals surface area contributed by atoms with Crippen LogP contribution in [0.4, 0.5) is 5.69 Å². The standard InChI is InChI=1S/C12H15ClN2O3S/c1-15(19(2,17)18)9-5-6-10(11(13)7-9)12(16)14-8-3-4-8/h5-8H,3-4H2,1-2H3,(H,14,16). The van der Waals surface area contributed by atoms with E-state index in [1.807, 2.05) is 0 Å². The minimum atomic E-state index is -3.34. The highest BCUT2D eigenvalue weighted by atomic mass is 35.5. The van der Waals surface area contributed by atoms with Crippen molar-refractivity contribution in [2.24, 2.45) is 0 Å². The molecule has 0 aromatic heterocycles. The van der Waals surface area contributed by atoms with E-state index in [0.29, 0.717) is 11.3 Å². The van der Waals surface area contributed by atoms with E-state index < -0.39 is 10.0 Å². The first-order valence-electron chi connectivity index (χ1n) is 5.83. The first kappa shape index (κ1) is 14.1. The van der Waals surface area contributed by atoms with Gasteiger partial charge in [0.1, 0.15) is 0 Å². The van der Waals surface area contributed by atoms with Gasteiger partial charge in [-0.3, -0.25) is 9.10 Å². The lowest BCUT2D eigenvalue weighted by Crippen LogP contribution is -2.27. The molecule has 19 heavy (non-hydrogen) atoms. The van der Waals surface area contributed by atoms with E-state index in [0.717, 1.165) is 23.4 Å². The summed E-state index contributed by atoms with van der Waals surface area (Å²) >= 11 is 6.04. The second kappa shape index (κ2) is 5.02. The van der Waals surface area contributed by atoms with Crippen LogP contribution in [0.2, 0.25) is 5.02 Å². The van der Waals surface area contributed by atoms with Crippen molar-refractivity contribution in [1.29, 1.82) is 0 Å². The largest absolute Gasteiger partial charge is 0.349 e. The van der Waals surface area contributed by atoms with Crippen LogP contribution in [0.3, 0.4) is 0 Å². The van der Waals surface area contributed by atoms with Crippen LogP contribution in [-0.2, 0) is 10.0 Å². The lowest BCUT2D eigenvalue weighted by Gasteiger charge is -2.17. The molecule has 0 spiro atoms. The summed E-state index contributed by atoms with van der Waals surface area (Å²) in [5.74, 6) is -0.221. The maximum absolute atomic E-state index is 11.9. The molecule has 1 aromatic carbocycles. The molecule has 1 aliphatic carbocycles. The molecule has 104 valence electrons. The number of halogens is 1. The molecule has 0 bridgehead atoms. The predicted octanol–water partition coefficient (Wildman–Crippen LogP) is 1.63. The number of rotatable bonds is 4. The number of carbonyl (C=O) groups excluding carboxylic acids is 1. The number of sulfonamides is 1. The summed E-state index contributed by atoms with van der Waals surface area (Å²) in [7, 11) is -1.91. The van der Waals surface area contributed by atoms with Gasteiger partial charge in [0.15, 0.2) is 0 Å². The van der Waals surface area contributed by atoms with Gasteiger partial charge >= 0.3 is 0 Å². The molecule has 1 aromatic rings. The molecule has 5 nitrogen and oxygen atoms in total. The average molecular weight is 303 g/mol. The fourth-order valence-corrected chi connectivity index (χ4v) is 2.32. The van der Waals surface area contributed by atoms with Gasteiger partial charge in [-0.05, 0) is 31.0 Å². The molecule has 7 heteroatoms.